The maximum absolute atomic E-state index is 12.2. The summed E-state index contributed by atoms with van der Waals surface area (Å²) in [7, 11) is 1.64. The standard InChI is InChI=1S/C20H22N2O2S/c1-13(2)15-6-8-16(9-7-15)21-20-22-19(23)18(25-20)12-14-4-10-17(24-3)11-5-14/h4-11,13,18H,12H2,1-3H3,(H,21,22,23)/t18-/m1/s1. The van der Waals surface area contributed by atoms with Gasteiger partial charge in [-0.2, -0.15) is 0 Å². The average molecular weight is 354 g/mol. The van der Waals surface area contributed by atoms with Crippen molar-refractivity contribution in [2.24, 2.45) is 4.99 Å². The van der Waals surface area contributed by atoms with Crippen molar-refractivity contribution in [2.45, 2.75) is 31.4 Å². The van der Waals surface area contributed by atoms with Crippen LogP contribution in [0.15, 0.2) is 53.5 Å². The summed E-state index contributed by atoms with van der Waals surface area (Å²) in [6.07, 6.45) is 0.672. The summed E-state index contributed by atoms with van der Waals surface area (Å²) < 4.78 is 5.16. The highest BCUT2D eigenvalue weighted by atomic mass is 32.2. The van der Waals surface area contributed by atoms with E-state index in [1.807, 2.05) is 36.4 Å². The predicted molar refractivity (Wildman–Crippen MR) is 104 cm³/mol. The number of aliphatic imine (C=N–C) groups is 1. The van der Waals surface area contributed by atoms with Gasteiger partial charge in [-0.3, -0.25) is 4.79 Å². The monoisotopic (exact) mass is 354 g/mol. The number of amides is 1. The van der Waals surface area contributed by atoms with Crippen molar-refractivity contribution in [3.8, 4) is 5.75 Å². The largest absolute Gasteiger partial charge is 0.497 e. The van der Waals surface area contributed by atoms with E-state index in [2.05, 4.69) is 36.3 Å². The number of hydrogen-bond acceptors (Lipinski definition) is 4. The third kappa shape index (κ3) is 4.42. The van der Waals surface area contributed by atoms with Crippen LogP contribution in [-0.2, 0) is 11.2 Å². The molecule has 0 aromatic heterocycles. The minimum atomic E-state index is -0.151. The van der Waals surface area contributed by atoms with Crippen molar-refractivity contribution in [2.75, 3.05) is 7.11 Å². The molecule has 1 fully saturated rings. The Bertz CT molecular complexity index is 767. The smallest absolute Gasteiger partial charge is 0.239 e. The minimum absolute atomic E-state index is 0.0124. The van der Waals surface area contributed by atoms with E-state index in [0.717, 1.165) is 17.0 Å². The molecule has 1 atom stereocenters. The number of rotatable bonds is 5. The molecule has 0 spiro atoms. The summed E-state index contributed by atoms with van der Waals surface area (Å²) in [6.45, 7) is 4.33. The Kier molecular flexibility index (Phi) is 5.43. The van der Waals surface area contributed by atoms with E-state index < -0.39 is 0 Å². The third-order valence-electron chi connectivity index (χ3n) is 4.15. The molecule has 0 saturated carbocycles. The molecule has 5 heteroatoms. The highest BCUT2D eigenvalue weighted by Gasteiger charge is 2.30. The van der Waals surface area contributed by atoms with Gasteiger partial charge in [-0.15, -0.1) is 0 Å². The first kappa shape index (κ1) is 17.5. The molecule has 0 bridgehead atoms. The molecule has 0 unspecified atom stereocenters. The summed E-state index contributed by atoms with van der Waals surface area (Å²) in [6, 6.07) is 16.0. The quantitative estimate of drug-likeness (QED) is 0.872. The van der Waals surface area contributed by atoms with Crippen LogP contribution in [0.25, 0.3) is 0 Å². The topological polar surface area (TPSA) is 50.7 Å². The van der Waals surface area contributed by atoms with Gasteiger partial charge in [0.25, 0.3) is 0 Å². The lowest BCUT2D eigenvalue weighted by atomic mass is 10.0. The second-order valence-electron chi connectivity index (χ2n) is 6.31. The number of methoxy groups -OCH3 is 1. The van der Waals surface area contributed by atoms with Crippen LogP contribution in [0.1, 0.15) is 30.9 Å². The predicted octanol–water partition coefficient (Wildman–Crippen LogP) is 4.28. The number of amidine groups is 1. The Morgan fingerprint density at radius 1 is 1.12 bits per heavy atom. The van der Waals surface area contributed by atoms with Gasteiger partial charge < -0.3 is 10.1 Å². The first-order valence-corrected chi connectivity index (χ1v) is 9.22. The van der Waals surface area contributed by atoms with Crippen molar-refractivity contribution >= 4 is 28.5 Å². The Hall–Kier alpha value is -2.27. The zero-order chi connectivity index (χ0) is 17.8. The van der Waals surface area contributed by atoms with Crippen LogP contribution in [0.2, 0.25) is 0 Å². The molecule has 3 rings (SSSR count). The van der Waals surface area contributed by atoms with Crippen molar-refractivity contribution in [3.05, 3.63) is 59.7 Å². The molecular weight excluding hydrogens is 332 g/mol. The van der Waals surface area contributed by atoms with Crippen molar-refractivity contribution < 1.29 is 9.53 Å². The molecule has 2 aromatic rings. The van der Waals surface area contributed by atoms with Crippen LogP contribution in [-0.4, -0.2) is 23.4 Å². The fraction of sp³-hybridized carbons (Fsp3) is 0.300. The molecule has 4 nitrogen and oxygen atoms in total. The maximum atomic E-state index is 12.2. The van der Waals surface area contributed by atoms with Crippen LogP contribution in [0, 0.1) is 0 Å². The molecule has 130 valence electrons. The number of hydrogen-bond donors (Lipinski definition) is 1. The Balaban J connectivity index is 1.66. The average Bonchev–Trinajstić information content (AvgIpc) is 2.95. The molecule has 1 amide bonds. The molecule has 1 aliphatic rings. The molecule has 1 heterocycles. The highest BCUT2D eigenvalue weighted by molar-refractivity contribution is 8.15. The number of nitrogens with one attached hydrogen (secondary N) is 1. The summed E-state index contributed by atoms with van der Waals surface area (Å²) in [5, 5.41) is 3.40. The van der Waals surface area contributed by atoms with Gasteiger partial charge in [0.15, 0.2) is 5.17 Å². The van der Waals surface area contributed by atoms with Crippen LogP contribution in [0.4, 0.5) is 5.69 Å². The zero-order valence-corrected chi connectivity index (χ0v) is 15.5. The van der Waals surface area contributed by atoms with E-state index in [1.165, 1.54) is 17.3 Å². The molecule has 2 aromatic carbocycles. The van der Waals surface area contributed by atoms with Gasteiger partial charge >= 0.3 is 0 Å². The van der Waals surface area contributed by atoms with Crippen molar-refractivity contribution in [1.29, 1.82) is 0 Å². The Morgan fingerprint density at radius 3 is 2.40 bits per heavy atom. The number of carbonyl (C=O) groups is 1. The first-order valence-electron chi connectivity index (χ1n) is 8.34. The van der Waals surface area contributed by atoms with Crippen molar-refractivity contribution in [3.63, 3.8) is 0 Å². The lowest BCUT2D eigenvalue weighted by molar-refractivity contribution is -0.118. The van der Waals surface area contributed by atoms with Crippen LogP contribution in [0.3, 0.4) is 0 Å². The van der Waals surface area contributed by atoms with Crippen LogP contribution < -0.4 is 10.1 Å². The number of ether oxygens (including phenoxy) is 1. The SMILES string of the molecule is COc1ccc(C[C@H]2SC(=Nc3ccc(C(C)C)cc3)NC2=O)cc1. The zero-order valence-electron chi connectivity index (χ0n) is 14.7. The molecule has 1 N–H and O–H groups in total. The van der Waals surface area contributed by atoms with Gasteiger partial charge in [0.2, 0.25) is 5.91 Å². The fourth-order valence-electron chi connectivity index (χ4n) is 2.62. The number of carbonyl (C=O) groups excluding carboxylic acids is 1. The lowest BCUT2D eigenvalue weighted by Crippen LogP contribution is -2.25. The number of nitrogens with zero attached hydrogens (tertiary/aromatic N) is 1. The van der Waals surface area contributed by atoms with Gasteiger partial charge in [-0.25, -0.2) is 4.99 Å². The highest BCUT2D eigenvalue weighted by Crippen LogP contribution is 2.27. The van der Waals surface area contributed by atoms with E-state index in [4.69, 9.17) is 4.74 Å². The van der Waals surface area contributed by atoms with E-state index in [0.29, 0.717) is 17.5 Å². The minimum Gasteiger partial charge on any atom is -0.497 e. The molecule has 1 aliphatic heterocycles. The second kappa shape index (κ2) is 7.74. The van der Waals surface area contributed by atoms with E-state index in [1.54, 1.807) is 7.11 Å². The second-order valence-corrected chi connectivity index (χ2v) is 7.50. The van der Waals surface area contributed by atoms with Crippen LogP contribution in [0.5, 0.6) is 5.75 Å². The van der Waals surface area contributed by atoms with Gasteiger partial charge in [-0.1, -0.05) is 49.9 Å². The molecule has 0 radical (unpaired) electrons. The normalized spacial score (nSPS) is 18.6. The summed E-state index contributed by atoms with van der Waals surface area (Å²) in [4.78, 5) is 16.8. The van der Waals surface area contributed by atoms with Gasteiger partial charge in [0.05, 0.1) is 18.0 Å². The van der Waals surface area contributed by atoms with E-state index >= 15 is 0 Å². The molecule has 0 aliphatic carbocycles. The summed E-state index contributed by atoms with van der Waals surface area (Å²) >= 11 is 1.49. The summed E-state index contributed by atoms with van der Waals surface area (Å²) in [5.74, 6) is 1.33. The van der Waals surface area contributed by atoms with E-state index in [9.17, 15) is 4.79 Å². The first-order chi connectivity index (χ1) is 12.0. The fourth-order valence-corrected chi connectivity index (χ4v) is 3.65. The van der Waals surface area contributed by atoms with Gasteiger partial charge in [-0.05, 0) is 47.7 Å². The molecular formula is C20H22N2O2S. The van der Waals surface area contributed by atoms with Gasteiger partial charge in [0.1, 0.15) is 5.75 Å². The third-order valence-corrected chi connectivity index (χ3v) is 5.23. The lowest BCUT2D eigenvalue weighted by Gasteiger charge is -2.06. The summed E-state index contributed by atoms with van der Waals surface area (Å²) in [5.41, 5.74) is 3.25. The number of benzene rings is 2. The Labute approximate surface area is 152 Å². The molecule has 1 saturated heterocycles. The van der Waals surface area contributed by atoms with Crippen molar-refractivity contribution in [1.82, 2.24) is 5.32 Å². The number of thioether (sulfide) groups is 1. The van der Waals surface area contributed by atoms with Gasteiger partial charge in [0, 0.05) is 0 Å². The Morgan fingerprint density at radius 2 is 1.80 bits per heavy atom. The van der Waals surface area contributed by atoms with E-state index in [-0.39, 0.29) is 11.2 Å². The maximum Gasteiger partial charge on any atom is 0.239 e. The molecule has 25 heavy (non-hydrogen) atoms. The van der Waals surface area contributed by atoms with Crippen LogP contribution >= 0.6 is 11.8 Å².